The highest BCUT2D eigenvalue weighted by atomic mass is 15.1. The molecule has 15 heavy (non-hydrogen) atoms. The van der Waals surface area contributed by atoms with Crippen molar-refractivity contribution in [1.29, 1.82) is 0 Å². The number of pyridine rings is 1. The molecule has 3 heteroatoms. The van der Waals surface area contributed by atoms with Gasteiger partial charge in [-0.05, 0) is 32.4 Å². The molecule has 1 unspecified atom stereocenters. The number of nitrogens with one attached hydrogen (secondary N) is 2. The normalized spacial score (nSPS) is 24.3. The quantitative estimate of drug-likeness (QED) is 0.781. The van der Waals surface area contributed by atoms with Gasteiger partial charge in [0.25, 0.3) is 0 Å². The lowest BCUT2D eigenvalue weighted by Gasteiger charge is -2.17. The van der Waals surface area contributed by atoms with Crippen LogP contribution in [0.4, 0.5) is 0 Å². The zero-order valence-corrected chi connectivity index (χ0v) is 9.46. The molecule has 2 N–H and O–H groups in total. The van der Waals surface area contributed by atoms with Crippen molar-refractivity contribution in [1.82, 2.24) is 15.6 Å². The van der Waals surface area contributed by atoms with Crippen molar-refractivity contribution in [3.05, 3.63) is 30.1 Å². The average Bonchev–Trinajstić information content (AvgIpc) is 2.57. The maximum absolute atomic E-state index is 4.29. The molecule has 82 valence electrons. The van der Waals surface area contributed by atoms with Gasteiger partial charge in [0.2, 0.25) is 0 Å². The molecule has 3 nitrogen and oxygen atoms in total. The van der Waals surface area contributed by atoms with E-state index < -0.39 is 0 Å². The molecule has 0 aliphatic carbocycles. The van der Waals surface area contributed by atoms with E-state index in [0.717, 1.165) is 18.8 Å². The van der Waals surface area contributed by atoms with Crippen molar-refractivity contribution >= 4 is 0 Å². The van der Waals surface area contributed by atoms with Gasteiger partial charge in [0.1, 0.15) is 0 Å². The zero-order chi connectivity index (χ0) is 10.7. The lowest BCUT2D eigenvalue weighted by Crippen LogP contribution is -2.31. The standard InChI is InChI=1S/C12H19N3/c1-12(2)7-11(9-15-12)14-8-10-5-3-4-6-13-10/h3-6,11,14-15H,7-9H2,1-2H3. The summed E-state index contributed by atoms with van der Waals surface area (Å²) in [5, 5.41) is 7.03. The Kier molecular flexibility index (Phi) is 3.03. The Balaban J connectivity index is 1.80. The van der Waals surface area contributed by atoms with Gasteiger partial charge >= 0.3 is 0 Å². The largest absolute Gasteiger partial charge is 0.310 e. The Morgan fingerprint density at radius 3 is 3.00 bits per heavy atom. The summed E-state index contributed by atoms with van der Waals surface area (Å²) in [6, 6.07) is 6.60. The van der Waals surface area contributed by atoms with Gasteiger partial charge in [-0.1, -0.05) is 6.07 Å². The third-order valence-corrected chi connectivity index (χ3v) is 2.88. The fourth-order valence-electron chi connectivity index (χ4n) is 2.06. The second kappa shape index (κ2) is 4.29. The van der Waals surface area contributed by atoms with Gasteiger partial charge in [-0.15, -0.1) is 0 Å². The highest BCUT2D eigenvalue weighted by Gasteiger charge is 2.29. The van der Waals surface area contributed by atoms with Crippen LogP contribution in [0.15, 0.2) is 24.4 Å². The predicted molar refractivity (Wildman–Crippen MR) is 61.6 cm³/mol. The van der Waals surface area contributed by atoms with Gasteiger partial charge < -0.3 is 10.6 Å². The molecule has 0 bridgehead atoms. The summed E-state index contributed by atoms with van der Waals surface area (Å²) in [6.45, 7) is 6.41. The van der Waals surface area contributed by atoms with E-state index in [1.54, 1.807) is 0 Å². The van der Waals surface area contributed by atoms with Crippen molar-refractivity contribution in [2.75, 3.05) is 6.54 Å². The van der Waals surface area contributed by atoms with Gasteiger partial charge in [-0.25, -0.2) is 0 Å². The predicted octanol–water partition coefficient (Wildman–Crippen LogP) is 1.31. The molecule has 0 saturated carbocycles. The van der Waals surface area contributed by atoms with Crippen LogP contribution in [0.3, 0.4) is 0 Å². The van der Waals surface area contributed by atoms with Crippen LogP contribution in [0.5, 0.6) is 0 Å². The van der Waals surface area contributed by atoms with E-state index in [-0.39, 0.29) is 5.54 Å². The van der Waals surface area contributed by atoms with E-state index in [0.29, 0.717) is 6.04 Å². The summed E-state index contributed by atoms with van der Waals surface area (Å²) < 4.78 is 0. The second-order valence-corrected chi connectivity index (χ2v) is 4.87. The SMILES string of the molecule is CC1(C)CC(NCc2ccccn2)CN1. The molecular weight excluding hydrogens is 186 g/mol. The molecule has 1 saturated heterocycles. The Bertz CT molecular complexity index is 308. The Labute approximate surface area is 91.3 Å². The Morgan fingerprint density at radius 1 is 1.53 bits per heavy atom. The van der Waals surface area contributed by atoms with Crippen LogP contribution < -0.4 is 10.6 Å². The number of hydrogen-bond donors (Lipinski definition) is 2. The summed E-state index contributed by atoms with van der Waals surface area (Å²) >= 11 is 0. The molecule has 0 amide bonds. The molecule has 1 fully saturated rings. The molecule has 1 aromatic heterocycles. The minimum atomic E-state index is 0.280. The number of hydrogen-bond acceptors (Lipinski definition) is 3. The Morgan fingerprint density at radius 2 is 2.40 bits per heavy atom. The molecule has 2 rings (SSSR count). The summed E-state index contributed by atoms with van der Waals surface area (Å²) in [6.07, 6.45) is 3.02. The topological polar surface area (TPSA) is 37.0 Å². The van der Waals surface area contributed by atoms with E-state index in [2.05, 4.69) is 35.5 Å². The van der Waals surface area contributed by atoms with Gasteiger partial charge in [0.15, 0.2) is 0 Å². The second-order valence-electron chi connectivity index (χ2n) is 4.87. The number of nitrogens with zero attached hydrogens (tertiary/aromatic N) is 1. The molecule has 2 heterocycles. The lowest BCUT2D eigenvalue weighted by atomic mass is 10.0. The van der Waals surface area contributed by atoms with Crippen molar-refractivity contribution < 1.29 is 0 Å². The van der Waals surface area contributed by atoms with Crippen LogP contribution >= 0.6 is 0 Å². The maximum atomic E-state index is 4.29. The minimum absolute atomic E-state index is 0.280. The highest BCUT2D eigenvalue weighted by Crippen LogP contribution is 2.17. The third-order valence-electron chi connectivity index (χ3n) is 2.88. The molecule has 1 aliphatic rings. The van der Waals surface area contributed by atoms with Gasteiger partial charge in [0.05, 0.1) is 5.69 Å². The summed E-state index contributed by atoms with van der Waals surface area (Å²) in [5.74, 6) is 0. The molecule has 0 radical (unpaired) electrons. The molecular formula is C12H19N3. The van der Waals surface area contributed by atoms with Crippen molar-refractivity contribution in [3.8, 4) is 0 Å². The van der Waals surface area contributed by atoms with E-state index in [1.165, 1.54) is 6.42 Å². The molecule has 0 aromatic carbocycles. The smallest absolute Gasteiger partial charge is 0.0541 e. The number of rotatable bonds is 3. The van der Waals surface area contributed by atoms with Crippen molar-refractivity contribution in [3.63, 3.8) is 0 Å². The molecule has 1 atom stereocenters. The van der Waals surface area contributed by atoms with Crippen LogP contribution in [0.1, 0.15) is 26.0 Å². The fourth-order valence-corrected chi connectivity index (χ4v) is 2.06. The Hall–Kier alpha value is -0.930. The summed E-state index contributed by atoms with van der Waals surface area (Å²) in [7, 11) is 0. The molecule has 1 aliphatic heterocycles. The van der Waals surface area contributed by atoms with Crippen LogP contribution in [0.2, 0.25) is 0 Å². The van der Waals surface area contributed by atoms with E-state index in [1.807, 2.05) is 18.3 Å². The summed E-state index contributed by atoms with van der Waals surface area (Å²) in [4.78, 5) is 4.29. The minimum Gasteiger partial charge on any atom is -0.310 e. The third kappa shape index (κ3) is 3.01. The van der Waals surface area contributed by atoms with E-state index in [9.17, 15) is 0 Å². The summed E-state index contributed by atoms with van der Waals surface area (Å²) in [5.41, 5.74) is 1.39. The van der Waals surface area contributed by atoms with Crippen LogP contribution in [-0.2, 0) is 6.54 Å². The maximum Gasteiger partial charge on any atom is 0.0541 e. The van der Waals surface area contributed by atoms with E-state index in [4.69, 9.17) is 0 Å². The molecule has 0 spiro atoms. The molecule has 1 aromatic rings. The van der Waals surface area contributed by atoms with Crippen LogP contribution in [0, 0.1) is 0 Å². The van der Waals surface area contributed by atoms with Crippen LogP contribution in [0.25, 0.3) is 0 Å². The highest BCUT2D eigenvalue weighted by molar-refractivity contribution is 5.04. The zero-order valence-electron chi connectivity index (χ0n) is 9.46. The van der Waals surface area contributed by atoms with E-state index >= 15 is 0 Å². The monoisotopic (exact) mass is 205 g/mol. The first-order valence-corrected chi connectivity index (χ1v) is 5.54. The first kappa shape index (κ1) is 10.6. The van der Waals surface area contributed by atoms with Crippen molar-refractivity contribution in [2.24, 2.45) is 0 Å². The first-order chi connectivity index (χ1) is 7.16. The van der Waals surface area contributed by atoms with Gasteiger partial charge in [0, 0.05) is 30.9 Å². The number of aromatic nitrogens is 1. The fraction of sp³-hybridized carbons (Fsp3) is 0.583. The van der Waals surface area contributed by atoms with Crippen molar-refractivity contribution in [2.45, 2.75) is 38.4 Å². The average molecular weight is 205 g/mol. The van der Waals surface area contributed by atoms with Gasteiger partial charge in [-0.2, -0.15) is 0 Å². The lowest BCUT2D eigenvalue weighted by molar-refractivity contribution is 0.441. The first-order valence-electron chi connectivity index (χ1n) is 5.54. The van der Waals surface area contributed by atoms with Crippen LogP contribution in [-0.4, -0.2) is 23.1 Å². The van der Waals surface area contributed by atoms with Gasteiger partial charge in [-0.3, -0.25) is 4.98 Å².